The highest BCUT2D eigenvalue weighted by Crippen LogP contribution is 2.38. The van der Waals surface area contributed by atoms with Crippen LogP contribution in [-0.2, 0) is 4.74 Å². The highest BCUT2D eigenvalue weighted by Gasteiger charge is 2.44. The Balaban J connectivity index is 1.83. The van der Waals surface area contributed by atoms with Crippen molar-refractivity contribution >= 4 is 0 Å². The molecule has 0 radical (unpaired) electrons. The van der Waals surface area contributed by atoms with Crippen LogP contribution in [0.15, 0.2) is 0 Å². The van der Waals surface area contributed by atoms with E-state index < -0.39 is 5.54 Å². The second-order valence-corrected chi connectivity index (χ2v) is 5.80. The van der Waals surface area contributed by atoms with Gasteiger partial charge in [0.05, 0.1) is 12.2 Å². The second-order valence-electron chi connectivity index (χ2n) is 5.80. The average molecular weight is 251 g/mol. The van der Waals surface area contributed by atoms with E-state index in [2.05, 4.69) is 17.9 Å². The summed E-state index contributed by atoms with van der Waals surface area (Å²) in [6, 6.07) is 2.34. The summed E-state index contributed by atoms with van der Waals surface area (Å²) in [5.74, 6) is 0.416. The molecule has 2 N–H and O–H groups in total. The predicted octanol–water partition coefficient (Wildman–Crippen LogP) is 1.51. The summed E-state index contributed by atoms with van der Waals surface area (Å²) in [6.45, 7) is 5.67. The Morgan fingerprint density at radius 3 is 2.83 bits per heavy atom. The predicted molar refractivity (Wildman–Crippen MR) is 71.0 cm³/mol. The quantitative estimate of drug-likeness (QED) is 0.777. The van der Waals surface area contributed by atoms with Gasteiger partial charge in [0.15, 0.2) is 0 Å². The molecular weight excluding hydrogens is 226 g/mol. The Labute approximate surface area is 110 Å². The van der Waals surface area contributed by atoms with Crippen LogP contribution < -0.4 is 5.73 Å². The molecule has 18 heavy (non-hydrogen) atoms. The molecule has 2 fully saturated rings. The first-order chi connectivity index (χ1) is 8.68. The summed E-state index contributed by atoms with van der Waals surface area (Å²) in [4.78, 5) is 2.32. The number of nitrogens with two attached hydrogens (primary N) is 1. The summed E-state index contributed by atoms with van der Waals surface area (Å²) in [6.07, 6.45) is 5.93. The number of hydrogen-bond acceptors (Lipinski definition) is 4. The fraction of sp³-hybridized carbons (Fsp3) is 0.929. The van der Waals surface area contributed by atoms with E-state index in [1.807, 2.05) is 0 Å². The molecule has 2 rings (SSSR count). The van der Waals surface area contributed by atoms with E-state index in [4.69, 9.17) is 10.5 Å². The van der Waals surface area contributed by atoms with E-state index in [0.717, 1.165) is 51.8 Å². The first-order valence-corrected chi connectivity index (χ1v) is 7.22. The van der Waals surface area contributed by atoms with Gasteiger partial charge >= 0.3 is 0 Å². The Hall–Kier alpha value is -0.630. The highest BCUT2D eigenvalue weighted by atomic mass is 16.5. The summed E-state index contributed by atoms with van der Waals surface area (Å²) in [7, 11) is 0. The molecule has 0 aromatic heterocycles. The van der Waals surface area contributed by atoms with Crippen molar-refractivity contribution in [2.45, 2.75) is 50.7 Å². The zero-order valence-electron chi connectivity index (χ0n) is 11.4. The molecule has 1 aliphatic carbocycles. The summed E-state index contributed by atoms with van der Waals surface area (Å²) >= 11 is 0. The van der Waals surface area contributed by atoms with Crippen molar-refractivity contribution in [3.05, 3.63) is 0 Å². The first-order valence-electron chi connectivity index (χ1n) is 7.22. The van der Waals surface area contributed by atoms with Crippen LogP contribution in [0.5, 0.6) is 0 Å². The molecule has 4 nitrogen and oxygen atoms in total. The van der Waals surface area contributed by atoms with Crippen molar-refractivity contribution < 1.29 is 4.74 Å². The van der Waals surface area contributed by atoms with E-state index >= 15 is 0 Å². The van der Waals surface area contributed by atoms with Gasteiger partial charge in [-0.15, -0.1) is 0 Å². The minimum absolute atomic E-state index is 0.334. The zero-order valence-corrected chi connectivity index (χ0v) is 11.4. The van der Waals surface area contributed by atoms with Crippen molar-refractivity contribution in [1.82, 2.24) is 4.90 Å². The number of piperidine rings is 1. The third-order valence-corrected chi connectivity index (χ3v) is 4.02. The molecule has 0 spiro atoms. The molecule has 2 unspecified atom stereocenters. The molecule has 0 bridgehead atoms. The Morgan fingerprint density at radius 2 is 2.22 bits per heavy atom. The largest absolute Gasteiger partial charge is 0.377 e. The van der Waals surface area contributed by atoms with Crippen LogP contribution in [0.2, 0.25) is 0 Å². The third kappa shape index (κ3) is 3.44. The molecule has 102 valence electrons. The molecule has 0 aromatic rings. The standard InChI is InChI=1S/C14H25N3O/c1-2-8-18-13-4-3-7-17(9-13)11-14(16,10-15)12-5-6-12/h12-13H,2-9,11,16H2,1H3. The van der Waals surface area contributed by atoms with Gasteiger partial charge in [-0.1, -0.05) is 6.92 Å². The number of rotatable bonds is 6. The topological polar surface area (TPSA) is 62.3 Å². The van der Waals surface area contributed by atoms with Crippen LogP contribution in [0.25, 0.3) is 0 Å². The lowest BCUT2D eigenvalue weighted by atomic mass is 9.94. The van der Waals surface area contributed by atoms with Gasteiger partial charge in [-0.2, -0.15) is 5.26 Å². The number of nitrogens with zero attached hydrogens (tertiary/aromatic N) is 2. The lowest BCUT2D eigenvalue weighted by Crippen LogP contribution is -2.54. The monoisotopic (exact) mass is 251 g/mol. The molecule has 1 saturated carbocycles. The van der Waals surface area contributed by atoms with Gasteiger partial charge in [-0.25, -0.2) is 0 Å². The maximum atomic E-state index is 9.30. The van der Waals surface area contributed by atoms with Crippen LogP contribution in [-0.4, -0.2) is 42.8 Å². The number of ether oxygens (including phenoxy) is 1. The molecule has 2 aliphatic rings. The van der Waals surface area contributed by atoms with Gasteiger partial charge < -0.3 is 10.5 Å². The normalized spacial score (nSPS) is 28.6. The summed E-state index contributed by atoms with van der Waals surface area (Å²) in [5, 5.41) is 9.30. The number of likely N-dealkylation sites (tertiary alicyclic amines) is 1. The van der Waals surface area contributed by atoms with Crippen molar-refractivity contribution in [3.8, 4) is 6.07 Å². The van der Waals surface area contributed by atoms with Crippen LogP contribution in [0, 0.1) is 17.2 Å². The van der Waals surface area contributed by atoms with Crippen molar-refractivity contribution in [2.75, 3.05) is 26.2 Å². The van der Waals surface area contributed by atoms with Gasteiger partial charge in [0, 0.05) is 19.7 Å². The Bertz CT molecular complexity index is 311. The lowest BCUT2D eigenvalue weighted by molar-refractivity contribution is -0.00412. The van der Waals surface area contributed by atoms with E-state index in [1.54, 1.807) is 0 Å². The number of hydrogen-bond donors (Lipinski definition) is 1. The van der Waals surface area contributed by atoms with Crippen molar-refractivity contribution in [3.63, 3.8) is 0 Å². The molecule has 2 atom stereocenters. The van der Waals surface area contributed by atoms with Gasteiger partial charge in [0.25, 0.3) is 0 Å². The molecule has 0 amide bonds. The maximum absolute atomic E-state index is 9.30. The Morgan fingerprint density at radius 1 is 1.44 bits per heavy atom. The highest BCUT2D eigenvalue weighted by molar-refractivity contribution is 5.14. The molecule has 1 heterocycles. The average Bonchev–Trinajstić information content (AvgIpc) is 3.21. The summed E-state index contributed by atoms with van der Waals surface area (Å²) in [5.41, 5.74) is 5.60. The molecular formula is C14H25N3O. The van der Waals surface area contributed by atoms with E-state index in [9.17, 15) is 5.26 Å². The SMILES string of the molecule is CCCOC1CCCN(CC(N)(C#N)C2CC2)C1. The fourth-order valence-electron chi connectivity index (χ4n) is 2.80. The zero-order chi connectivity index (χ0) is 13.0. The minimum Gasteiger partial charge on any atom is -0.377 e. The van der Waals surface area contributed by atoms with Gasteiger partial charge in [0.2, 0.25) is 0 Å². The first kappa shape index (κ1) is 13.8. The van der Waals surface area contributed by atoms with Crippen molar-refractivity contribution in [2.24, 2.45) is 11.7 Å². The minimum atomic E-state index is -0.632. The van der Waals surface area contributed by atoms with E-state index in [1.165, 1.54) is 0 Å². The van der Waals surface area contributed by atoms with E-state index in [-0.39, 0.29) is 0 Å². The van der Waals surface area contributed by atoms with Crippen LogP contribution >= 0.6 is 0 Å². The lowest BCUT2D eigenvalue weighted by Gasteiger charge is -2.36. The fourth-order valence-corrected chi connectivity index (χ4v) is 2.80. The summed E-state index contributed by atoms with van der Waals surface area (Å²) < 4.78 is 5.82. The molecule has 0 aromatic carbocycles. The van der Waals surface area contributed by atoms with Gasteiger partial charge in [-0.3, -0.25) is 4.90 Å². The van der Waals surface area contributed by atoms with Gasteiger partial charge in [0.1, 0.15) is 5.54 Å². The Kier molecular flexibility index (Phi) is 4.60. The van der Waals surface area contributed by atoms with Crippen molar-refractivity contribution in [1.29, 1.82) is 5.26 Å². The maximum Gasteiger partial charge on any atom is 0.119 e. The molecule has 1 aliphatic heterocycles. The third-order valence-electron chi connectivity index (χ3n) is 4.02. The number of nitriles is 1. The molecule has 1 saturated heterocycles. The van der Waals surface area contributed by atoms with Crippen LogP contribution in [0.3, 0.4) is 0 Å². The second kappa shape index (κ2) is 6.01. The van der Waals surface area contributed by atoms with E-state index in [0.29, 0.717) is 18.6 Å². The van der Waals surface area contributed by atoms with Crippen LogP contribution in [0.4, 0.5) is 0 Å². The van der Waals surface area contributed by atoms with Gasteiger partial charge in [-0.05, 0) is 44.6 Å². The smallest absolute Gasteiger partial charge is 0.119 e. The molecule has 4 heteroatoms. The van der Waals surface area contributed by atoms with Crippen LogP contribution in [0.1, 0.15) is 39.0 Å².